The van der Waals surface area contributed by atoms with Gasteiger partial charge >= 0.3 is 0 Å². The average Bonchev–Trinajstić information content (AvgIpc) is 3.86. The molecule has 334 valence electrons. The van der Waals surface area contributed by atoms with E-state index in [0.29, 0.717) is 11.5 Å². The number of ether oxygens (including phenoxy) is 1. The summed E-state index contributed by atoms with van der Waals surface area (Å²) in [5.41, 5.74) is 11.6. The summed E-state index contributed by atoms with van der Waals surface area (Å²) >= 11 is 0. The molecule has 0 N–H and O–H groups in total. The van der Waals surface area contributed by atoms with Crippen LogP contribution in [-0.2, 0) is 42.7 Å². The molecule has 0 spiro atoms. The van der Waals surface area contributed by atoms with Crippen LogP contribution in [0.2, 0.25) is 0 Å². The molecule has 1 aliphatic heterocycles. The summed E-state index contributed by atoms with van der Waals surface area (Å²) in [6, 6.07) is 57.2. The Morgan fingerprint density at radius 3 is 1.91 bits per heavy atom. The zero-order valence-electron chi connectivity index (χ0n) is 39.5. The van der Waals surface area contributed by atoms with E-state index in [4.69, 9.17) is 9.72 Å². The zero-order valence-corrected chi connectivity index (χ0v) is 41.8. The van der Waals surface area contributed by atoms with Crippen LogP contribution in [0.4, 0.5) is 11.4 Å². The summed E-state index contributed by atoms with van der Waals surface area (Å²) in [6.07, 6.45) is 4.13. The maximum absolute atomic E-state index is 7.02. The van der Waals surface area contributed by atoms with Gasteiger partial charge in [-0.15, -0.1) is 53.8 Å². The summed E-state index contributed by atoms with van der Waals surface area (Å²) in [7, 11) is 0. The second kappa shape index (κ2) is 17.1. The predicted octanol–water partition coefficient (Wildman–Crippen LogP) is 15.2. The van der Waals surface area contributed by atoms with Crippen LogP contribution >= 0.6 is 0 Å². The first-order valence-corrected chi connectivity index (χ1v) is 22.4. The third-order valence-electron chi connectivity index (χ3n) is 12.7. The quantitative estimate of drug-likeness (QED) is 0.142. The number of rotatable bonds is 8. The summed E-state index contributed by atoms with van der Waals surface area (Å²) in [6.45, 7) is 27.0. The van der Waals surface area contributed by atoms with E-state index in [1.807, 2.05) is 6.20 Å². The largest absolute Gasteiger partial charge is 0.509 e. The smallest absolute Gasteiger partial charge is 0.135 e. The maximum atomic E-state index is 7.02. The van der Waals surface area contributed by atoms with E-state index in [1.54, 1.807) is 0 Å². The van der Waals surface area contributed by atoms with E-state index in [9.17, 15) is 0 Å². The first-order valence-electron chi connectivity index (χ1n) is 22.4. The molecule has 2 aromatic heterocycles. The first kappa shape index (κ1) is 45.7. The molecule has 0 unspecified atom stereocenters. The van der Waals surface area contributed by atoms with Crippen LogP contribution in [0.1, 0.15) is 110 Å². The Bertz CT molecular complexity index is 3030. The van der Waals surface area contributed by atoms with Gasteiger partial charge in [0, 0.05) is 61.1 Å². The van der Waals surface area contributed by atoms with Gasteiger partial charge in [-0.1, -0.05) is 178 Å². The monoisotopic (exact) mass is 1030 g/mol. The number of aromatic nitrogens is 2. The second-order valence-corrected chi connectivity index (χ2v) is 20.8. The first-order chi connectivity index (χ1) is 30.4. The van der Waals surface area contributed by atoms with Crippen molar-refractivity contribution in [3.05, 3.63) is 204 Å². The SMILES string of the molecule is CC(C)(C)c1cc(Oc2[c-]c3c(c(C(C)(C)C)c2)c2ccccc2n3-c2cc(C(C)(C)C)ccn2)[c-]c(N2C=C(c3ccccc3)N(c3cccc(C(C)(C)c4ccccc4)c3)[CH-]2)c1.[Pt]. The van der Waals surface area contributed by atoms with Gasteiger partial charge in [0.15, 0.2) is 0 Å². The molecule has 8 aromatic rings. The summed E-state index contributed by atoms with van der Waals surface area (Å²) in [5, 5.41) is 2.33. The van der Waals surface area contributed by atoms with Gasteiger partial charge in [-0.2, -0.15) is 0 Å². The molecule has 0 fully saturated rings. The van der Waals surface area contributed by atoms with Gasteiger partial charge in [0.05, 0.1) is 0 Å². The Morgan fingerprint density at radius 1 is 0.569 bits per heavy atom. The molecule has 0 saturated heterocycles. The van der Waals surface area contributed by atoms with Gasteiger partial charge in [0.25, 0.3) is 0 Å². The molecule has 0 saturated carbocycles. The van der Waals surface area contributed by atoms with Crippen LogP contribution in [0.5, 0.6) is 11.5 Å². The van der Waals surface area contributed by atoms with Gasteiger partial charge in [0.2, 0.25) is 0 Å². The Kier molecular flexibility index (Phi) is 12.0. The molecule has 0 radical (unpaired) electrons. The molecular weight excluding hydrogens is 976 g/mol. The Balaban J connectivity index is 0.00000576. The molecule has 0 amide bonds. The van der Waals surface area contributed by atoms with E-state index in [1.165, 1.54) is 27.6 Å². The number of pyridine rings is 1. The van der Waals surface area contributed by atoms with Crippen molar-refractivity contribution in [1.82, 2.24) is 9.55 Å². The maximum Gasteiger partial charge on any atom is 0.135 e. The Hall–Kier alpha value is -5.90. The third kappa shape index (κ3) is 8.93. The van der Waals surface area contributed by atoms with Crippen molar-refractivity contribution in [3.63, 3.8) is 0 Å². The number of hydrogen-bond acceptors (Lipinski definition) is 4. The standard InChI is InChI=1S/C59H59N4O.Pt/c1-56(2,3)42-29-30-60-54(34-42)63-51-28-19-18-27-49(51)55-50(58(7,8)9)36-48(37-52(55)63)64-47-33-44(57(4,5)6)32-46(35-47)61-38-53(40-21-14-12-15-22-40)62(39-61)45-26-20-25-43(31-45)59(10,11)41-23-16-13-17-24-41;/h12-34,36,38-39H,1-11H3;/q-3;. The summed E-state index contributed by atoms with van der Waals surface area (Å²) < 4.78 is 9.27. The fourth-order valence-corrected chi connectivity index (χ4v) is 8.79. The van der Waals surface area contributed by atoms with Gasteiger partial charge in [0.1, 0.15) is 5.82 Å². The van der Waals surface area contributed by atoms with E-state index >= 15 is 0 Å². The molecule has 65 heavy (non-hydrogen) atoms. The number of fused-ring (bicyclic) bond motifs is 3. The molecule has 6 aromatic carbocycles. The van der Waals surface area contributed by atoms with Crippen molar-refractivity contribution < 1.29 is 25.8 Å². The molecule has 0 bridgehead atoms. The summed E-state index contributed by atoms with van der Waals surface area (Å²) in [4.78, 5) is 9.43. The van der Waals surface area contributed by atoms with Crippen molar-refractivity contribution in [3.8, 4) is 17.3 Å². The molecule has 0 atom stereocenters. The second-order valence-electron chi connectivity index (χ2n) is 20.8. The van der Waals surface area contributed by atoms with Gasteiger partial charge in [-0.3, -0.25) is 0 Å². The van der Waals surface area contributed by atoms with Crippen molar-refractivity contribution in [2.75, 3.05) is 9.80 Å². The minimum Gasteiger partial charge on any atom is -0.509 e. The van der Waals surface area contributed by atoms with Crippen LogP contribution in [-0.4, -0.2) is 9.55 Å². The number of nitrogens with zero attached hydrogens (tertiary/aromatic N) is 4. The van der Waals surface area contributed by atoms with Gasteiger partial charge < -0.3 is 19.1 Å². The topological polar surface area (TPSA) is 33.5 Å². The van der Waals surface area contributed by atoms with Crippen molar-refractivity contribution in [1.29, 1.82) is 0 Å². The van der Waals surface area contributed by atoms with Crippen molar-refractivity contribution >= 4 is 38.9 Å². The molecule has 5 nitrogen and oxygen atoms in total. The van der Waals surface area contributed by atoms with Crippen LogP contribution in [0.3, 0.4) is 0 Å². The number of anilines is 2. The molecular formula is C59H59N4OPt-3. The van der Waals surface area contributed by atoms with Crippen LogP contribution < -0.4 is 14.5 Å². The average molecular weight is 1040 g/mol. The van der Waals surface area contributed by atoms with Gasteiger partial charge in [-0.05, 0) is 80.4 Å². The molecule has 0 aliphatic carbocycles. The van der Waals surface area contributed by atoms with E-state index in [2.05, 4.69) is 255 Å². The number of para-hydroxylation sites is 1. The van der Waals surface area contributed by atoms with E-state index < -0.39 is 0 Å². The molecule has 3 heterocycles. The zero-order chi connectivity index (χ0) is 45.2. The fraction of sp³-hybridized carbons (Fsp3) is 0.254. The normalized spacial score (nSPS) is 13.6. The predicted molar refractivity (Wildman–Crippen MR) is 268 cm³/mol. The van der Waals surface area contributed by atoms with Crippen LogP contribution in [0.25, 0.3) is 33.3 Å². The van der Waals surface area contributed by atoms with Crippen LogP contribution in [0, 0.1) is 18.8 Å². The fourth-order valence-electron chi connectivity index (χ4n) is 8.79. The Morgan fingerprint density at radius 2 is 1.22 bits per heavy atom. The third-order valence-corrected chi connectivity index (χ3v) is 12.7. The summed E-state index contributed by atoms with van der Waals surface area (Å²) in [5.74, 6) is 2.12. The van der Waals surface area contributed by atoms with Crippen LogP contribution in [0.15, 0.2) is 152 Å². The molecule has 6 heteroatoms. The number of benzene rings is 6. The number of hydrogen-bond donors (Lipinski definition) is 0. The minimum atomic E-state index is -0.205. The Labute approximate surface area is 401 Å². The van der Waals surface area contributed by atoms with Gasteiger partial charge in [-0.25, -0.2) is 4.98 Å². The van der Waals surface area contributed by atoms with E-state index in [-0.39, 0.29) is 42.7 Å². The minimum absolute atomic E-state index is 0. The van der Waals surface area contributed by atoms with Crippen molar-refractivity contribution in [2.24, 2.45) is 0 Å². The molecule has 9 rings (SSSR count). The van der Waals surface area contributed by atoms with Crippen molar-refractivity contribution in [2.45, 2.75) is 97.8 Å². The van der Waals surface area contributed by atoms with E-state index in [0.717, 1.165) is 50.4 Å². The molecule has 1 aliphatic rings.